The topological polar surface area (TPSA) is 80.8 Å². The third kappa shape index (κ3) is 1.56. The largest absolute Gasteiger partial charge is 0.405 e. The number of carbonyl (C=O) groups excluding carboxylic acids is 4. The minimum atomic E-state index is -1.29. The number of hydrogen-bond donors (Lipinski definition) is 0. The lowest BCUT2D eigenvalue weighted by Gasteiger charge is -2.20. The molecule has 13 heavy (non-hydrogen) atoms. The molecule has 0 spiro atoms. The van der Waals surface area contributed by atoms with E-state index in [1.807, 2.05) is 0 Å². The van der Waals surface area contributed by atoms with Gasteiger partial charge in [-0.1, -0.05) is 6.92 Å². The van der Waals surface area contributed by atoms with Gasteiger partial charge in [0.05, 0.1) is 0 Å². The van der Waals surface area contributed by atoms with Gasteiger partial charge in [0.15, 0.2) is 0 Å². The second kappa shape index (κ2) is 3.34. The third-order valence-corrected chi connectivity index (χ3v) is 1.47. The number of imide groups is 1. The van der Waals surface area contributed by atoms with Gasteiger partial charge in [0.1, 0.15) is 0 Å². The highest BCUT2D eigenvalue weighted by Gasteiger charge is 2.40. The maximum atomic E-state index is 10.9. The lowest BCUT2D eigenvalue weighted by atomic mass is 10.3. The zero-order valence-corrected chi connectivity index (χ0v) is 6.90. The number of rotatable bonds is 2. The number of morpholine rings is 1. The number of ether oxygens (including phenoxy) is 1. The quantitative estimate of drug-likeness (QED) is 0.234. The maximum absolute atomic E-state index is 10.9. The summed E-state index contributed by atoms with van der Waals surface area (Å²) in [5.74, 6) is -4.74. The Hall–Kier alpha value is -1.72. The fraction of sp³-hybridized carbons (Fsp3) is 0.429. The molecule has 0 aromatic carbocycles. The minimum Gasteiger partial charge on any atom is -0.378 e. The van der Waals surface area contributed by atoms with E-state index >= 15 is 0 Å². The molecule has 2 amide bonds. The van der Waals surface area contributed by atoms with E-state index in [0.29, 0.717) is 11.3 Å². The van der Waals surface area contributed by atoms with E-state index < -0.39 is 23.8 Å². The average molecular weight is 185 g/mol. The third-order valence-electron chi connectivity index (χ3n) is 1.47. The van der Waals surface area contributed by atoms with Crippen molar-refractivity contribution in [3.63, 3.8) is 0 Å². The first-order chi connectivity index (χ1) is 6.07. The molecule has 70 valence electrons. The van der Waals surface area contributed by atoms with Crippen molar-refractivity contribution in [1.82, 2.24) is 4.90 Å². The zero-order chi connectivity index (χ0) is 10.0. The van der Waals surface area contributed by atoms with Gasteiger partial charge in [-0.3, -0.25) is 14.5 Å². The summed E-state index contributed by atoms with van der Waals surface area (Å²) in [6.45, 7) is 1.77. The molecule has 0 saturated carbocycles. The van der Waals surface area contributed by atoms with Crippen molar-refractivity contribution in [2.75, 3.05) is 6.54 Å². The maximum Gasteiger partial charge on any atom is 0.405 e. The van der Waals surface area contributed by atoms with Crippen LogP contribution >= 0.6 is 0 Å². The van der Waals surface area contributed by atoms with Crippen molar-refractivity contribution >= 4 is 23.8 Å². The van der Waals surface area contributed by atoms with Crippen LogP contribution < -0.4 is 0 Å². The van der Waals surface area contributed by atoms with Crippen molar-refractivity contribution in [3.8, 4) is 0 Å². The molecule has 1 fully saturated rings. The van der Waals surface area contributed by atoms with Crippen molar-refractivity contribution in [2.45, 2.75) is 13.3 Å². The summed E-state index contributed by atoms with van der Waals surface area (Å²) in [6, 6.07) is 0. The van der Waals surface area contributed by atoms with Crippen LogP contribution in [0.15, 0.2) is 0 Å². The fourth-order valence-electron chi connectivity index (χ4n) is 0.911. The van der Waals surface area contributed by atoms with Gasteiger partial charge >= 0.3 is 23.8 Å². The van der Waals surface area contributed by atoms with Crippen molar-refractivity contribution < 1.29 is 23.9 Å². The summed E-state index contributed by atoms with van der Waals surface area (Å²) in [5.41, 5.74) is 0. The lowest BCUT2D eigenvalue weighted by molar-refractivity contribution is -0.181. The van der Waals surface area contributed by atoms with E-state index in [1.165, 1.54) is 0 Å². The Balaban J connectivity index is 2.88. The Morgan fingerprint density at radius 2 is 1.54 bits per heavy atom. The Morgan fingerprint density at radius 1 is 1.08 bits per heavy atom. The molecule has 1 heterocycles. The van der Waals surface area contributed by atoms with Crippen molar-refractivity contribution in [1.29, 1.82) is 0 Å². The molecule has 6 heteroatoms. The SMILES string of the molecule is CCCN1C(=O)C(=O)OC(=O)C1=O. The molecule has 0 aliphatic carbocycles. The van der Waals surface area contributed by atoms with Gasteiger partial charge in [0.2, 0.25) is 0 Å². The monoisotopic (exact) mass is 185 g/mol. The van der Waals surface area contributed by atoms with Crippen LogP contribution in [0.25, 0.3) is 0 Å². The molecule has 0 atom stereocenters. The van der Waals surface area contributed by atoms with Crippen LogP contribution in [0, 0.1) is 0 Å². The molecule has 0 aromatic heterocycles. The molecule has 1 rings (SSSR count). The van der Waals surface area contributed by atoms with Crippen LogP contribution in [0.1, 0.15) is 13.3 Å². The van der Waals surface area contributed by atoms with E-state index in [2.05, 4.69) is 4.74 Å². The molecule has 6 nitrogen and oxygen atoms in total. The van der Waals surface area contributed by atoms with Crippen LogP contribution in [0.5, 0.6) is 0 Å². The van der Waals surface area contributed by atoms with E-state index in [-0.39, 0.29) is 6.54 Å². The summed E-state index contributed by atoms with van der Waals surface area (Å²) in [6.07, 6.45) is 0.484. The number of nitrogens with zero attached hydrogens (tertiary/aromatic N) is 1. The molecule has 0 N–H and O–H groups in total. The van der Waals surface area contributed by atoms with Crippen LogP contribution in [-0.4, -0.2) is 35.2 Å². The highest BCUT2D eigenvalue weighted by atomic mass is 16.6. The summed E-state index contributed by atoms with van der Waals surface area (Å²) in [5, 5.41) is 0. The van der Waals surface area contributed by atoms with Gasteiger partial charge in [-0.25, -0.2) is 9.59 Å². The summed E-state index contributed by atoms with van der Waals surface area (Å²) in [4.78, 5) is 43.8. The Labute approximate surface area is 73.4 Å². The van der Waals surface area contributed by atoms with Crippen molar-refractivity contribution in [3.05, 3.63) is 0 Å². The van der Waals surface area contributed by atoms with Gasteiger partial charge in [-0.15, -0.1) is 0 Å². The van der Waals surface area contributed by atoms with Crippen LogP contribution in [0.2, 0.25) is 0 Å². The predicted molar refractivity (Wildman–Crippen MR) is 38.1 cm³/mol. The average Bonchev–Trinajstić information content (AvgIpc) is 2.09. The van der Waals surface area contributed by atoms with E-state index in [0.717, 1.165) is 0 Å². The number of cyclic esters (lactones) is 2. The second-order valence-electron chi connectivity index (χ2n) is 2.44. The molecular weight excluding hydrogens is 178 g/mol. The number of hydrogen-bond acceptors (Lipinski definition) is 5. The second-order valence-corrected chi connectivity index (χ2v) is 2.44. The summed E-state index contributed by atoms with van der Waals surface area (Å²) in [7, 11) is 0. The first kappa shape index (κ1) is 9.37. The lowest BCUT2D eigenvalue weighted by Crippen LogP contribution is -2.52. The molecule has 0 bridgehead atoms. The van der Waals surface area contributed by atoms with Gasteiger partial charge < -0.3 is 4.74 Å². The smallest absolute Gasteiger partial charge is 0.378 e. The summed E-state index contributed by atoms with van der Waals surface area (Å²) < 4.78 is 3.87. The Bertz CT molecular complexity index is 269. The van der Waals surface area contributed by atoms with E-state index in [9.17, 15) is 19.2 Å². The first-order valence-electron chi connectivity index (χ1n) is 3.70. The number of amides is 2. The molecule has 1 aliphatic rings. The Kier molecular flexibility index (Phi) is 2.41. The van der Waals surface area contributed by atoms with Crippen LogP contribution in [0.3, 0.4) is 0 Å². The van der Waals surface area contributed by atoms with Crippen molar-refractivity contribution in [2.24, 2.45) is 0 Å². The molecular formula is C7H7NO5. The zero-order valence-electron chi connectivity index (χ0n) is 6.90. The number of carbonyl (C=O) groups is 4. The molecule has 0 radical (unpaired) electrons. The van der Waals surface area contributed by atoms with Gasteiger partial charge in [0.25, 0.3) is 0 Å². The Morgan fingerprint density at radius 3 is 1.92 bits per heavy atom. The van der Waals surface area contributed by atoms with Crippen LogP contribution in [-0.2, 0) is 23.9 Å². The first-order valence-corrected chi connectivity index (χ1v) is 3.70. The standard InChI is InChI=1S/C7H7NO5/c1-2-3-8-4(9)6(11)13-7(12)5(8)10/h2-3H2,1H3. The predicted octanol–water partition coefficient (Wildman–Crippen LogP) is -1.17. The number of esters is 2. The highest BCUT2D eigenvalue weighted by molar-refractivity contribution is 6.50. The minimum absolute atomic E-state index is 0.0541. The van der Waals surface area contributed by atoms with Gasteiger partial charge in [-0.05, 0) is 6.42 Å². The molecule has 0 aromatic rings. The molecule has 1 aliphatic heterocycles. The van der Waals surface area contributed by atoms with Crippen LogP contribution in [0.4, 0.5) is 0 Å². The van der Waals surface area contributed by atoms with Gasteiger partial charge in [-0.2, -0.15) is 0 Å². The summed E-state index contributed by atoms with van der Waals surface area (Å²) >= 11 is 0. The molecule has 0 unspecified atom stereocenters. The highest BCUT2D eigenvalue weighted by Crippen LogP contribution is 2.04. The molecule has 1 saturated heterocycles. The van der Waals surface area contributed by atoms with E-state index in [4.69, 9.17) is 0 Å². The van der Waals surface area contributed by atoms with Gasteiger partial charge in [0, 0.05) is 6.54 Å². The normalized spacial score (nSPS) is 17.8. The van der Waals surface area contributed by atoms with E-state index in [1.54, 1.807) is 6.92 Å². The fourth-order valence-corrected chi connectivity index (χ4v) is 0.911.